The molecule has 1 heterocycles. The van der Waals surface area contributed by atoms with Gasteiger partial charge in [0.15, 0.2) is 0 Å². The molecule has 3 fully saturated rings. The fourth-order valence-corrected chi connectivity index (χ4v) is 4.02. The molecule has 74 valence electrons. The van der Waals surface area contributed by atoms with Crippen molar-refractivity contribution in [2.45, 2.75) is 51.4 Å². The molecule has 0 aromatic heterocycles. The molecule has 0 aromatic rings. The van der Waals surface area contributed by atoms with Crippen molar-refractivity contribution in [3.05, 3.63) is 0 Å². The summed E-state index contributed by atoms with van der Waals surface area (Å²) in [5.41, 5.74) is 1.52. The second kappa shape index (κ2) is 2.73. The maximum atomic E-state index is 3.71. The van der Waals surface area contributed by atoms with Crippen molar-refractivity contribution in [3.63, 3.8) is 0 Å². The highest BCUT2D eigenvalue weighted by molar-refractivity contribution is 5.02. The van der Waals surface area contributed by atoms with Crippen molar-refractivity contribution in [1.82, 2.24) is 5.32 Å². The SMILES string of the molecule is C1CCC2(C1)CNCC1(CCC1)C2. The van der Waals surface area contributed by atoms with Crippen LogP contribution in [-0.2, 0) is 0 Å². The first-order chi connectivity index (χ1) is 6.33. The topological polar surface area (TPSA) is 12.0 Å². The molecule has 0 amide bonds. The van der Waals surface area contributed by atoms with E-state index in [9.17, 15) is 0 Å². The molecule has 1 aliphatic heterocycles. The van der Waals surface area contributed by atoms with Crippen LogP contribution in [-0.4, -0.2) is 13.1 Å². The third kappa shape index (κ3) is 1.24. The molecule has 2 saturated carbocycles. The molecule has 1 heteroatoms. The average Bonchev–Trinajstić information content (AvgIpc) is 2.51. The summed E-state index contributed by atoms with van der Waals surface area (Å²) < 4.78 is 0. The lowest BCUT2D eigenvalue weighted by Gasteiger charge is -2.52. The summed E-state index contributed by atoms with van der Waals surface area (Å²) in [6.07, 6.45) is 12.1. The van der Waals surface area contributed by atoms with Crippen LogP contribution in [0.1, 0.15) is 51.4 Å². The molecular weight excluding hydrogens is 158 g/mol. The van der Waals surface area contributed by atoms with Crippen LogP contribution in [0.3, 0.4) is 0 Å². The first kappa shape index (κ1) is 8.28. The van der Waals surface area contributed by atoms with Gasteiger partial charge in [-0.2, -0.15) is 0 Å². The minimum atomic E-state index is 0.749. The summed E-state index contributed by atoms with van der Waals surface area (Å²) >= 11 is 0. The van der Waals surface area contributed by atoms with Gasteiger partial charge in [0.25, 0.3) is 0 Å². The van der Waals surface area contributed by atoms with Crippen LogP contribution < -0.4 is 5.32 Å². The lowest BCUT2D eigenvalue weighted by molar-refractivity contribution is 0.0145. The largest absolute Gasteiger partial charge is 0.316 e. The number of hydrogen-bond donors (Lipinski definition) is 1. The molecule has 1 saturated heterocycles. The highest BCUT2D eigenvalue weighted by Crippen LogP contribution is 2.55. The summed E-state index contributed by atoms with van der Waals surface area (Å²) in [4.78, 5) is 0. The Bertz CT molecular complexity index is 199. The number of rotatable bonds is 0. The van der Waals surface area contributed by atoms with Gasteiger partial charge < -0.3 is 5.32 Å². The van der Waals surface area contributed by atoms with Gasteiger partial charge in [-0.3, -0.25) is 0 Å². The standard InChI is InChI=1S/C12H21N/c1-2-5-11(4-1)8-12(6-3-7-12)10-13-9-11/h13H,1-10H2. The monoisotopic (exact) mass is 179 g/mol. The molecule has 0 aromatic carbocycles. The van der Waals surface area contributed by atoms with Gasteiger partial charge in [0.2, 0.25) is 0 Å². The van der Waals surface area contributed by atoms with Crippen LogP contribution in [0.2, 0.25) is 0 Å². The van der Waals surface area contributed by atoms with Crippen LogP contribution in [0.15, 0.2) is 0 Å². The van der Waals surface area contributed by atoms with E-state index in [4.69, 9.17) is 0 Å². The molecule has 0 bridgehead atoms. The van der Waals surface area contributed by atoms with Crippen LogP contribution in [0.25, 0.3) is 0 Å². The fourth-order valence-electron chi connectivity index (χ4n) is 4.02. The van der Waals surface area contributed by atoms with E-state index >= 15 is 0 Å². The van der Waals surface area contributed by atoms with E-state index in [1.807, 2.05) is 0 Å². The van der Waals surface area contributed by atoms with Crippen LogP contribution in [0.4, 0.5) is 0 Å². The van der Waals surface area contributed by atoms with Crippen LogP contribution >= 0.6 is 0 Å². The molecule has 3 aliphatic rings. The molecular formula is C12H21N. The zero-order chi connectivity index (χ0) is 8.78. The average molecular weight is 179 g/mol. The maximum Gasteiger partial charge on any atom is 0.000825 e. The van der Waals surface area contributed by atoms with E-state index in [0.717, 1.165) is 10.8 Å². The minimum absolute atomic E-state index is 0.749. The quantitative estimate of drug-likeness (QED) is 0.603. The lowest BCUT2D eigenvalue weighted by atomic mass is 9.58. The van der Waals surface area contributed by atoms with E-state index in [1.165, 1.54) is 58.0 Å². The first-order valence-electron chi connectivity index (χ1n) is 6.04. The van der Waals surface area contributed by atoms with Gasteiger partial charge in [0, 0.05) is 13.1 Å². The summed E-state index contributed by atoms with van der Waals surface area (Å²) in [6, 6.07) is 0. The van der Waals surface area contributed by atoms with Crippen molar-refractivity contribution < 1.29 is 0 Å². The Labute approximate surface area is 81.3 Å². The molecule has 2 aliphatic carbocycles. The second-order valence-corrected chi connectivity index (χ2v) is 5.84. The molecule has 1 N–H and O–H groups in total. The molecule has 0 atom stereocenters. The predicted octanol–water partition coefficient (Wildman–Crippen LogP) is 2.71. The lowest BCUT2D eigenvalue weighted by Crippen LogP contribution is -2.52. The molecule has 13 heavy (non-hydrogen) atoms. The van der Waals surface area contributed by atoms with E-state index in [-0.39, 0.29) is 0 Å². The second-order valence-electron chi connectivity index (χ2n) is 5.84. The molecule has 1 nitrogen and oxygen atoms in total. The third-order valence-corrected chi connectivity index (χ3v) is 4.83. The zero-order valence-corrected chi connectivity index (χ0v) is 8.57. The van der Waals surface area contributed by atoms with Gasteiger partial charge in [-0.1, -0.05) is 19.3 Å². The van der Waals surface area contributed by atoms with Gasteiger partial charge in [-0.05, 0) is 42.9 Å². The Morgan fingerprint density at radius 2 is 1.23 bits per heavy atom. The van der Waals surface area contributed by atoms with Gasteiger partial charge in [-0.15, -0.1) is 0 Å². The third-order valence-electron chi connectivity index (χ3n) is 4.83. The maximum absolute atomic E-state index is 3.71. The molecule has 0 radical (unpaired) electrons. The Hall–Kier alpha value is -0.0400. The van der Waals surface area contributed by atoms with Crippen molar-refractivity contribution in [1.29, 1.82) is 0 Å². The smallest absolute Gasteiger partial charge is 0.000825 e. The van der Waals surface area contributed by atoms with E-state index in [1.54, 1.807) is 6.42 Å². The van der Waals surface area contributed by atoms with Gasteiger partial charge >= 0.3 is 0 Å². The van der Waals surface area contributed by atoms with Crippen LogP contribution in [0, 0.1) is 10.8 Å². The number of piperidine rings is 1. The summed E-state index contributed by atoms with van der Waals surface area (Å²) in [5, 5.41) is 3.71. The van der Waals surface area contributed by atoms with E-state index < -0.39 is 0 Å². The van der Waals surface area contributed by atoms with Crippen molar-refractivity contribution >= 4 is 0 Å². The van der Waals surface area contributed by atoms with Gasteiger partial charge in [0.1, 0.15) is 0 Å². The molecule has 3 rings (SSSR count). The number of nitrogens with one attached hydrogen (secondary N) is 1. The van der Waals surface area contributed by atoms with Crippen molar-refractivity contribution in [2.75, 3.05) is 13.1 Å². The van der Waals surface area contributed by atoms with Crippen molar-refractivity contribution in [2.24, 2.45) is 10.8 Å². The summed E-state index contributed by atoms with van der Waals surface area (Å²) in [7, 11) is 0. The Morgan fingerprint density at radius 3 is 1.69 bits per heavy atom. The van der Waals surface area contributed by atoms with Crippen LogP contribution in [0.5, 0.6) is 0 Å². The highest BCUT2D eigenvalue weighted by Gasteiger charge is 2.48. The van der Waals surface area contributed by atoms with Gasteiger partial charge in [-0.25, -0.2) is 0 Å². The summed E-state index contributed by atoms with van der Waals surface area (Å²) in [6.45, 7) is 2.66. The highest BCUT2D eigenvalue weighted by atomic mass is 14.9. The Kier molecular flexibility index (Phi) is 1.74. The zero-order valence-electron chi connectivity index (χ0n) is 8.57. The molecule has 2 spiro atoms. The van der Waals surface area contributed by atoms with E-state index in [2.05, 4.69) is 5.32 Å². The normalized spacial score (nSPS) is 35.1. The van der Waals surface area contributed by atoms with Crippen molar-refractivity contribution in [3.8, 4) is 0 Å². The Morgan fingerprint density at radius 1 is 0.692 bits per heavy atom. The van der Waals surface area contributed by atoms with Gasteiger partial charge in [0.05, 0.1) is 0 Å². The number of hydrogen-bond acceptors (Lipinski definition) is 1. The first-order valence-corrected chi connectivity index (χ1v) is 6.04. The Balaban J connectivity index is 1.76. The predicted molar refractivity (Wildman–Crippen MR) is 54.7 cm³/mol. The minimum Gasteiger partial charge on any atom is -0.316 e. The molecule has 0 unspecified atom stereocenters. The fraction of sp³-hybridized carbons (Fsp3) is 1.00. The van der Waals surface area contributed by atoms with E-state index in [0.29, 0.717) is 0 Å². The summed E-state index contributed by atoms with van der Waals surface area (Å²) in [5.74, 6) is 0.